The second-order valence-electron chi connectivity index (χ2n) is 5.92. The summed E-state index contributed by atoms with van der Waals surface area (Å²) >= 11 is 0. The molecule has 3 rings (SSSR count). The van der Waals surface area contributed by atoms with Gasteiger partial charge in [0.25, 0.3) is 0 Å². The molecule has 2 amide bonds. The Balaban J connectivity index is 1.75. The van der Waals surface area contributed by atoms with Crippen LogP contribution in [0.5, 0.6) is 5.75 Å². The highest BCUT2D eigenvalue weighted by atomic mass is 19.1. The van der Waals surface area contributed by atoms with Crippen molar-refractivity contribution in [2.45, 2.75) is 25.3 Å². The molecule has 1 heterocycles. The molecule has 0 saturated carbocycles. The number of amides is 2. The van der Waals surface area contributed by atoms with Crippen LogP contribution in [0.25, 0.3) is 0 Å². The average molecular weight is 328 g/mol. The van der Waals surface area contributed by atoms with Crippen molar-refractivity contribution in [2.24, 2.45) is 0 Å². The van der Waals surface area contributed by atoms with E-state index >= 15 is 0 Å². The van der Waals surface area contributed by atoms with Gasteiger partial charge in [-0.05, 0) is 61.2 Å². The minimum atomic E-state index is -0.270. The maximum Gasteiger partial charge on any atom is 0.322 e. The molecule has 0 aliphatic carbocycles. The average Bonchev–Trinajstić information content (AvgIpc) is 2.62. The number of carbonyl (C=O) groups excluding carboxylic acids is 1. The number of benzene rings is 2. The first-order chi connectivity index (χ1) is 11.7. The van der Waals surface area contributed by atoms with E-state index in [1.807, 2.05) is 6.07 Å². The lowest BCUT2D eigenvalue weighted by atomic mass is 9.95. The number of hydrogen-bond donors (Lipinski definition) is 1. The van der Waals surface area contributed by atoms with Gasteiger partial charge in [-0.3, -0.25) is 0 Å². The summed E-state index contributed by atoms with van der Waals surface area (Å²) in [4.78, 5) is 14.5. The van der Waals surface area contributed by atoms with E-state index in [4.69, 9.17) is 4.74 Å². The molecule has 1 N–H and O–H groups in total. The number of nitrogens with zero attached hydrogens (tertiary/aromatic N) is 1. The van der Waals surface area contributed by atoms with Crippen LogP contribution < -0.4 is 10.1 Å². The third-order valence-corrected chi connectivity index (χ3v) is 4.34. The molecular formula is C19H21FN2O2. The van der Waals surface area contributed by atoms with Crippen LogP contribution in [-0.4, -0.2) is 24.6 Å². The van der Waals surface area contributed by atoms with Gasteiger partial charge in [0.2, 0.25) is 0 Å². The molecule has 126 valence electrons. The third-order valence-electron chi connectivity index (χ3n) is 4.34. The molecule has 0 spiro atoms. The standard InChI is InChI=1S/C19H21FN2O2/c1-24-17-10-8-16(9-11-17)21-19(23)22-12-3-2-7-18(22)14-5-4-6-15(20)13-14/h4-6,8-11,13,18H,2-3,7,12H2,1H3,(H,21,23)/t18-/m1/s1. The number of piperidine rings is 1. The smallest absolute Gasteiger partial charge is 0.322 e. The molecule has 24 heavy (non-hydrogen) atoms. The Morgan fingerprint density at radius 3 is 2.71 bits per heavy atom. The first-order valence-corrected chi connectivity index (χ1v) is 8.14. The minimum absolute atomic E-state index is 0.0901. The lowest BCUT2D eigenvalue weighted by Gasteiger charge is -2.36. The van der Waals surface area contributed by atoms with Crippen molar-refractivity contribution in [3.8, 4) is 5.75 Å². The predicted molar refractivity (Wildman–Crippen MR) is 91.7 cm³/mol. The van der Waals surface area contributed by atoms with Gasteiger partial charge in [-0.2, -0.15) is 0 Å². The number of nitrogens with one attached hydrogen (secondary N) is 1. The van der Waals surface area contributed by atoms with Gasteiger partial charge in [0, 0.05) is 12.2 Å². The SMILES string of the molecule is COc1ccc(NC(=O)N2CCCC[C@@H]2c2cccc(F)c2)cc1. The quantitative estimate of drug-likeness (QED) is 0.895. The van der Waals surface area contributed by atoms with Crippen LogP contribution in [0.1, 0.15) is 30.9 Å². The molecule has 0 bridgehead atoms. The Labute approximate surface area is 141 Å². The molecular weight excluding hydrogens is 307 g/mol. The largest absolute Gasteiger partial charge is 0.497 e. The van der Waals surface area contributed by atoms with E-state index in [9.17, 15) is 9.18 Å². The van der Waals surface area contributed by atoms with Gasteiger partial charge >= 0.3 is 6.03 Å². The molecule has 1 aliphatic rings. The summed E-state index contributed by atoms with van der Waals surface area (Å²) in [6.45, 7) is 0.670. The zero-order valence-electron chi connectivity index (χ0n) is 13.7. The van der Waals surface area contributed by atoms with Gasteiger partial charge in [0.1, 0.15) is 11.6 Å². The number of rotatable bonds is 3. The number of carbonyl (C=O) groups is 1. The zero-order chi connectivity index (χ0) is 16.9. The van der Waals surface area contributed by atoms with Gasteiger partial charge in [0.15, 0.2) is 0 Å². The summed E-state index contributed by atoms with van der Waals surface area (Å²) in [5, 5.41) is 2.91. The maximum absolute atomic E-state index is 13.5. The van der Waals surface area contributed by atoms with Gasteiger partial charge in [-0.1, -0.05) is 12.1 Å². The van der Waals surface area contributed by atoms with Crippen LogP contribution in [0, 0.1) is 5.82 Å². The van der Waals surface area contributed by atoms with Gasteiger partial charge in [-0.15, -0.1) is 0 Å². The van der Waals surface area contributed by atoms with Crippen molar-refractivity contribution in [1.82, 2.24) is 4.90 Å². The van der Waals surface area contributed by atoms with Crippen LogP contribution in [0.2, 0.25) is 0 Å². The summed E-state index contributed by atoms with van der Waals surface area (Å²) in [6, 6.07) is 13.5. The topological polar surface area (TPSA) is 41.6 Å². The normalized spacial score (nSPS) is 17.4. The Bertz CT molecular complexity index is 703. The lowest BCUT2D eigenvalue weighted by Crippen LogP contribution is -2.41. The van der Waals surface area contributed by atoms with E-state index < -0.39 is 0 Å². The number of urea groups is 1. The third kappa shape index (κ3) is 3.67. The molecule has 0 aromatic heterocycles. The fourth-order valence-corrected chi connectivity index (χ4v) is 3.10. The highest BCUT2D eigenvalue weighted by Crippen LogP contribution is 2.31. The van der Waals surface area contributed by atoms with E-state index in [-0.39, 0.29) is 17.9 Å². The van der Waals surface area contributed by atoms with Crippen LogP contribution >= 0.6 is 0 Å². The monoisotopic (exact) mass is 328 g/mol. The van der Waals surface area contributed by atoms with Gasteiger partial charge in [0.05, 0.1) is 13.2 Å². The molecule has 0 radical (unpaired) electrons. The van der Waals surface area contributed by atoms with E-state index in [1.165, 1.54) is 12.1 Å². The molecule has 1 saturated heterocycles. The summed E-state index contributed by atoms with van der Waals surface area (Å²) in [6.07, 6.45) is 2.84. The van der Waals surface area contributed by atoms with Crippen molar-refractivity contribution < 1.29 is 13.9 Å². The fraction of sp³-hybridized carbons (Fsp3) is 0.316. The first-order valence-electron chi connectivity index (χ1n) is 8.14. The number of hydrogen-bond acceptors (Lipinski definition) is 2. The summed E-state index contributed by atoms with van der Waals surface area (Å²) in [7, 11) is 1.60. The van der Waals surface area contributed by atoms with E-state index in [1.54, 1.807) is 42.3 Å². The van der Waals surface area contributed by atoms with E-state index in [0.29, 0.717) is 12.2 Å². The van der Waals surface area contributed by atoms with Gasteiger partial charge in [-0.25, -0.2) is 9.18 Å². The number of anilines is 1. The number of halogens is 1. The molecule has 4 nitrogen and oxygen atoms in total. The number of ether oxygens (including phenoxy) is 1. The van der Waals surface area contributed by atoms with Crippen LogP contribution in [0.3, 0.4) is 0 Å². The highest BCUT2D eigenvalue weighted by Gasteiger charge is 2.28. The molecule has 2 aromatic carbocycles. The number of likely N-dealkylation sites (tertiary alicyclic amines) is 1. The summed E-state index contributed by atoms with van der Waals surface area (Å²) < 4.78 is 18.7. The molecule has 1 aliphatic heterocycles. The van der Waals surface area contributed by atoms with Gasteiger partial charge < -0.3 is 15.0 Å². The Morgan fingerprint density at radius 2 is 2.00 bits per heavy atom. The Hall–Kier alpha value is -2.56. The number of methoxy groups -OCH3 is 1. The van der Waals surface area contributed by atoms with Crippen LogP contribution in [0.15, 0.2) is 48.5 Å². The fourth-order valence-electron chi connectivity index (χ4n) is 3.10. The van der Waals surface area contributed by atoms with Crippen molar-refractivity contribution in [2.75, 3.05) is 19.0 Å². The van der Waals surface area contributed by atoms with Crippen molar-refractivity contribution >= 4 is 11.7 Å². The highest BCUT2D eigenvalue weighted by molar-refractivity contribution is 5.89. The van der Waals surface area contributed by atoms with Crippen LogP contribution in [0.4, 0.5) is 14.9 Å². The molecule has 5 heteroatoms. The van der Waals surface area contributed by atoms with Crippen molar-refractivity contribution in [1.29, 1.82) is 0 Å². The lowest BCUT2D eigenvalue weighted by molar-refractivity contribution is 0.163. The molecule has 0 unspecified atom stereocenters. The maximum atomic E-state index is 13.5. The van der Waals surface area contributed by atoms with E-state index in [0.717, 1.165) is 30.6 Å². The zero-order valence-corrected chi connectivity index (χ0v) is 13.7. The van der Waals surface area contributed by atoms with Crippen molar-refractivity contribution in [3.63, 3.8) is 0 Å². The second kappa shape index (κ2) is 7.34. The summed E-state index contributed by atoms with van der Waals surface area (Å²) in [5.41, 5.74) is 1.56. The van der Waals surface area contributed by atoms with E-state index in [2.05, 4.69) is 5.32 Å². The molecule has 2 aromatic rings. The minimum Gasteiger partial charge on any atom is -0.497 e. The van der Waals surface area contributed by atoms with Crippen molar-refractivity contribution in [3.05, 3.63) is 59.9 Å². The summed E-state index contributed by atoms with van der Waals surface area (Å²) in [5.74, 6) is 0.470. The Kier molecular flexibility index (Phi) is 4.99. The van der Waals surface area contributed by atoms with Crippen LogP contribution in [-0.2, 0) is 0 Å². The Morgan fingerprint density at radius 1 is 1.21 bits per heavy atom. The second-order valence-corrected chi connectivity index (χ2v) is 5.92. The molecule has 1 atom stereocenters. The predicted octanol–water partition coefficient (Wildman–Crippen LogP) is 4.59. The molecule has 1 fully saturated rings. The first kappa shape index (κ1) is 16.3.